The van der Waals surface area contributed by atoms with E-state index in [1.54, 1.807) is 36.3 Å². The highest BCUT2D eigenvalue weighted by molar-refractivity contribution is 5.94. The lowest BCUT2D eigenvalue weighted by Crippen LogP contribution is -2.47. The number of pyridine rings is 1. The molecular formula is C14H22Cl2N4O2. The summed E-state index contributed by atoms with van der Waals surface area (Å²) in [6, 6.07) is 5.36. The zero-order chi connectivity index (χ0) is 14.4. The number of nitrogens with one attached hydrogen (secondary N) is 2. The number of likely N-dealkylation sites (N-methyl/N-ethyl adjacent to an activating group) is 1. The van der Waals surface area contributed by atoms with Crippen LogP contribution in [0.25, 0.3) is 0 Å². The van der Waals surface area contributed by atoms with Crippen LogP contribution in [0.4, 0.5) is 0 Å². The minimum atomic E-state index is -0.322. The summed E-state index contributed by atoms with van der Waals surface area (Å²) in [5, 5.41) is 5.87. The van der Waals surface area contributed by atoms with Crippen LogP contribution < -0.4 is 10.6 Å². The predicted molar refractivity (Wildman–Crippen MR) is 89.7 cm³/mol. The van der Waals surface area contributed by atoms with Gasteiger partial charge in [-0.15, -0.1) is 24.8 Å². The summed E-state index contributed by atoms with van der Waals surface area (Å²) in [6.07, 6.45) is 3.46. The molecule has 1 aliphatic heterocycles. The third-order valence-electron chi connectivity index (χ3n) is 3.55. The second-order valence-corrected chi connectivity index (χ2v) is 4.88. The normalized spacial score (nSPS) is 14.2. The van der Waals surface area contributed by atoms with Crippen molar-refractivity contribution in [2.24, 2.45) is 0 Å². The van der Waals surface area contributed by atoms with E-state index in [9.17, 15) is 9.59 Å². The highest BCUT2D eigenvalue weighted by Crippen LogP contribution is 2.09. The largest absolute Gasteiger partial charge is 0.342 e. The molecule has 124 valence electrons. The maximum atomic E-state index is 12.0. The maximum Gasteiger partial charge on any atom is 0.270 e. The molecule has 8 heteroatoms. The van der Waals surface area contributed by atoms with Gasteiger partial charge in [0.05, 0.1) is 6.54 Å². The van der Waals surface area contributed by atoms with E-state index in [1.165, 1.54) is 0 Å². The molecule has 0 aliphatic carbocycles. The number of hydrogen-bond acceptors (Lipinski definition) is 4. The third kappa shape index (κ3) is 5.79. The number of piperidine rings is 1. The fourth-order valence-electron chi connectivity index (χ4n) is 2.27. The summed E-state index contributed by atoms with van der Waals surface area (Å²) in [7, 11) is 1.80. The Hall–Kier alpha value is -1.37. The SMILES string of the molecule is CN(C(=O)CNC(=O)c1ccccn1)C1CCNCC1.Cl.Cl. The number of aromatic nitrogens is 1. The molecule has 1 fully saturated rings. The lowest BCUT2D eigenvalue weighted by Gasteiger charge is -2.31. The average Bonchev–Trinajstić information content (AvgIpc) is 2.53. The molecule has 0 spiro atoms. The molecule has 0 atom stereocenters. The molecule has 0 radical (unpaired) electrons. The summed E-state index contributed by atoms with van der Waals surface area (Å²) in [6.45, 7) is 1.88. The van der Waals surface area contributed by atoms with Crippen LogP contribution in [-0.2, 0) is 4.79 Å². The quantitative estimate of drug-likeness (QED) is 0.846. The topological polar surface area (TPSA) is 74.3 Å². The zero-order valence-corrected chi connectivity index (χ0v) is 14.1. The van der Waals surface area contributed by atoms with E-state index < -0.39 is 0 Å². The molecule has 0 saturated carbocycles. The molecular weight excluding hydrogens is 327 g/mol. The van der Waals surface area contributed by atoms with E-state index in [2.05, 4.69) is 15.6 Å². The smallest absolute Gasteiger partial charge is 0.270 e. The molecule has 1 aromatic heterocycles. The first-order valence-corrected chi connectivity index (χ1v) is 6.84. The first-order chi connectivity index (χ1) is 9.68. The molecule has 6 nitrogen and oxygen atoms in total. The van der Waals surface area contributed by atoms with E-state index in [0.717, 1.165) is 25.9 Å². The fourth-order valence-corrected chi connectivity index (χ4v) is 2.27. The Balaban J connectivity index is 0.00000220. The Kier molecular flexibility index (Phi) is 9.73. The molecule has 0 bridgehead atoms. The zero-order valence-electron chi connectivity index (χ0n) is 12.4. The van der Waals surface area contributed by atoms with Crippen molar-refractivity contribution >= 4 is 36.6 Å². The van der Waals surface area contributed by atoms with Crippen molar-refractivity contribution in [3.05, 3.63) is 30.1 Å². The molecule has 0 aromatic carbocycles. The summed E-state index contributed by atoms with van der Waals surface area (Å²) in [5.41, 5.74) is 0.324. The van der Waals surface area contributed by atoms with Gasteiger partial charge in [0.15, 0.2) is 0 Å². The summed E-state index contributed by atoms with van der Waals surface area (Å²) in [5.74, 6) is -0.390. The third-order valence-corrected chi connectivity index (χ3v) is 3.55. The molecule has 2 rings (SSSR count). The Labute approximate surface area is 142 Å². The van der Waals surface area contributed by atoms with Crippen LogP contribution in [0.1, 0.15) is 23.3 Å². The first-order valence-electron chi connectivity index (χ1n) is 6.84. The van der Waals surface area contributed by atoms with Gasteiger partial charge in [-0.25, -0.2) is 0 Å². The van der Waals surface area contributed by atoms with E-state index >= 15 is 0 Å². The van der Waals surface area contributed by atoms with Crippen molar-refractivity contribution in [1.29, 1.82) is 0 Å². The van der Waals surface area contributed by atoms with Gasteiger partial charge in [0.25, 0.3) is 5.91 Å². The van der Waals surface area contributed by atoms with Crippen molar-refractivity contribution in [2.75, 3.05) is 26.7 Å². The Morgan fingerprint density at radius 1 is 1.32 bits per heavy atom. The summed E-state index contributed by atoms with van der Waals surface area (Å²) < 4.78 is 0. The lowest BCUT2D eigenvalue weighted by atomic mass is 10.1. The fraction of sp³-hybridized carbons (Fsp3) is 0.500. The summed E-state index contributed by atoms with van der Waals surface area (Å²) in [4.78, 5) is 29.5. The van der Waals surface area contributed by atoms with Gasteiger partial charge in [-0.05, 0) is 38.1 Å². The molecule has 2 N–H and O–H groups in total. The highest BCUT2D eigenvalue weighted by Gasteiger charge is 2.22. The summed E-state index contributed by atoms with van der Waals surface area (Å²) >= 11 is 0. The van der Waals surface area contributed by atoms with Crippen molar-refractivity contribution < 1.29 is 9.59 Å². The number of amides is 2. The molecule has 0 unspecified atom stereocenters. The van der Waals surface area contributed by atoms with Gasteiger partial charge in [-0.2, -0.15) is 0 Å². The average molecular weight is 349 g/mol. The molecule has 1 aromatic rings. The number of carbonyl (C=O) groups excluding carboxylic acids is 2. The standard InChI is InChI=1S/C14H20N4O2.2ClH/c1-18(11-5-8-15-9-6-11)13(19)10-17-14(20)12-4-2-3-7-16-12;;/h2-4,7,11,15H,5-6,8-10H2,1H3,(H,17,20);2*1H. The predicted octanol–water partition coefficient (Wildman–Crippen LogP) is 0.865. The van der Waals surface area contributed by atoms with Crippen molar-refractivity contribution in [3.8, 4) is 0 Å². The van der Waals surface area contributed by atoms with Crippen molar-refractivity contribution in [3.63, 3.8) is 0 Å². The van der Waals surface area contributed by atoms with Gasteiger partial charge < -0.3 is 15.5 Å². The minimum absolute atomic E-state index is 0. The molecule has 2 amide bonds. The lowest BCUT2D eigenvalue weighted by molar-refractivity contribution is -0.131. The number of nitrogens with zero attached hydrogens (tertiary/aromatic N) is 2. The highest BCUT2D eigenvalue weighted by atomic mass is 35.5. The molecule has 2 heterocycles. The van der Waals surface area contributed by atoms with E-state index in [0.29, 0.717) is 5.69 Å². The van der Waals surface area contributed by atoms with Gasteiger partial charge in [0.2, 0.25) is 5.91 Å². The van der Waals surface area contributed by atoms with Gasteiger partial charge in [-0.3, -0.25) is 14.6 Å². The van der Waals surface area contributed by atoms with Crippen LogP contribution in [0.15, 0.2) is 24.4 Å². The van der Waals surface area contributed by atoms with E-state index in [1.807, 2.05) is 0 Å². The van der Waals surface area contributed by atoms with Crippen LogP contribution in [0.2, 0.25) is 0 Å². The Morgan fingerprint density at radius 2 is 2.00 bits per heavy atom. The number of carbonyl (C=O) groups is 2. The van der Waals surface area contributed by atoms with Crippen LogP contribution in [0, 0.1) is 0 Å². The van der Waals surface area contributed by atoms with E-state index in [-0.39, 0.29) is 49.2 Å². The Bertz CT molecular complexity index is 467. The van der Waals surface area contributed by atoms with Crippen molar-refractivity contribution in [2.45, 2.75) is 18.9 Å². The monoisotopic (exact) mass is 348 g/mol. The van der Waals surface area contributed by atoms with Gasteiger partial charge in [0, 0.05) is 19.3 Å². The minimum Gasteiger partial charge on any atom is -0.342 e. The number of halogens is 2. The number of hydrogen-bond donors (Lipinski definition) is 2. The first kappa shape index (κ1) is 20.6. The second kappa shape index (κ2) is 10.4. The van der Waals surface area contributed by atoms with Crippen LogP contribution in [0.3, 0.4) is 0 Å². The van der Waals surface area contributed by atoms with Crippen LogP contribution >= 0.6 is 24.8 Å². The maximum absolute atomic E-state index is 12.0. The molecule has 1 saturated heterocycles. The van der Waals surface area contributed by atoms with Crippen LogP contribution in [-0.4, -0.2) is 54.4 Å². The molecule has 1 aliphatic rings. The van der Waals surface area contributed by atoms with Gasteiger partial charge >= 0.3 is 0 Å². The van der Waals surface area contributed by atoms with Gasteiger partial charge in [0.1, 0.15) is 5.69 Å². The second-order valence-electron chi connectivity index (χ2n) is 4.88. The van der Waals surface area contributed by atoms with Gasteiger partial charge in [-0.1, -0.05) is 6.07 Å². The Morgan fingerprint density at radius 3 is 2.59 bits per heavy atom. The number of rotatable bonds is 4. The van der Waals surface area contributed by atoms with Crippen molar-refractivity contribution in [1.82, 2.24) is 20.5 Å². The van der Waals surface area contributed by atoms with E-state index in [4.69, 9.17) is 0 Å². The molecule has 22 heavy (non-hydrogen) atoms. The van der Waals surface area contributed by atoms with Crippen LogP contribution in [0.5, 0.6) is 0 Å².